The number of rotatable bonds is 1. The van der Waals surface area contributed by atoms with E-state index in [0.29, 0.717) is 33.4 Å². The number of hydrogen-bond donors (Lipinski definition) is 1. The zero-order chi connectivity index (χ0) is 18.1. The average Bonchev–Trinajstić information content (AvgIpc) is 2.67. The second-order valence-electron chi connectivity index (χ2n) is 5.85. The summed E-state index contributed by atoms with van der Waals surface area (Å²) < 4.78 is 11.2. The Morgan fingerprint density at radius 2 is 1.65 bits per heavy atom. The Morgan fingerprint density at radius 3 is 2.42 bits per heavy atom. The first kappa shape index (κ1) is 15.8. The van der Waals surface area contributed by atoms with Gasteiger partial charge in [-0.2, -0.15) is 0 Å². The Bertz CT molecular complexity index is 1240. The zero-order valence-corrected chi connectivity index (χ0v) is 14.1. The highest BCUT2D eigenvalue weighted by molar-refractivity contribution is 5.93. The smallest absolute Gasteiger partial charge is 0.204 e. The summed E-state index contributed by atoms with van der Waals surface area (Å²) in [7, 11) is 1.54. The van der Waals surface area contributed by atoms with Gasteiger partial charge in [-0.15, -0.1) is 0 Å². The van der Waals surface area contributed by atoms with Crippen LogP contribution in [0.5, 0.6) is 5.75 Å². The lowest BCUT2D eigenvalue weighted by atomic mass is 10.1. The molecule has 2 N–H and O–H groups in total. The molecule has 0 atom stereocenters. The Balaban J connectivity index is 1.84. The first-order valence-electron chi connectivity index (χ1n) is 8.07. The summed E-state index contributed by atoms with van der Waals surface area (Å²) in [6.07, 6.45) is 0. The van der Waals surface area contributed by atoms with Crippen molar-refractivity contribution in [1.29, 1.82) is 0 Å². The van der Waals surface area contributed by atoms with Gasteiger partial charge in [0.05, 0.1) is 12.5 Å². The van der Waals surface area contributed by atoms with Crippen LogP contribution >= 0.6 is 0 Å². The zero-order valence-electron chi connectivity index (χ0n) is 14.1. The van der Waals surface area contributed by atoms with Crippen molar-refractivity contribution in [3.8, 4) is 17.6 Å². The van der Waals surface area contributed by atoms with Crippen molar-refractivity contribution in [2.45, 2.75) is 0 Å². The highest BCUT2D eigenvalue weighted by Crippen LogP contribution is 2.26. The molecule has 4 aromatic rings. The van der Waals surface area contributed by atoms with Gasteiger partial charge in [0.15, 0.2) is 0 Å². The normalized spacial score (nSPS) is 10.5. The van der Waals surface area contributed by atoms with E-state index in [0.717, 1.165) is 11.1 Å². The Labute approximate surface area is 149 Å². The van der Waals surface area contributed by atoms with Crippen molar-refractivity contribution in [3.63, 3.8) is 0 Å². The van der Waals surface area contributed by atoms with Crippen molar-refractivity contribution >= 4 is 27.6 Å². The van der Waals surface area contributed by atoms with Crippen molar-refractivity contribution in [1.82, 2.24) is 0 Å². The van der Waals surface area contributed by atoms with Crippen LogP contribution in [0.25, 0.3) is 21.9 Å². The molecule has 126 valence electrons. The van der Waals surface area contributed by atoms with Gasteiger partial charge in [0.1, 0.15) is 22.3 Å². The minimum Gasteiger partial charge on any atom is -0.496 e. The van der Waals surface area contributed by atoms with Crippen LogP contribution in [0.2, 0.25) is 0 Å². The molecular formula is C22H15NO3. The third-order valence-corrected chi connectivity index (χ3v) is 4.14. The molecule has 4 heteroatoms. The maximum Gasteiger partial charge on any atom is 0.204 e. The van der Waals surface area contributed by atoms with E-state index in [2.05, 4.69) is 11.8 Å². The van der Waals surface area contributed by atoms with E-state index < -0.39 is 0 Å². The molecule has 0 aliphatic rings. The lowest BCUT2D eigenvalue weighted by molar-refractivity contribution is 0.419. The lowest BCUT2D eigenvalue weighted by Gasteiger charge is -2.05. The fourth-order valence-corrected chi connectivity index (χ4v) is 2.83. The standard InChI is InChI=1S/C22H15NO3/c1-25-18-3-2-4-19-21(18)22(24)17-12-9-15(13-20(17)26-19)6-5-14-7-10-16(23)11-8-14/h2-4,7-13H,23H2,1H3. The number of nitrogens with two attached hydrogens (primary N) is 1. The number of nitrogen functional groups attached to an aromatic ring is 1. The van der Waals surface area contributed by atoms with Crippen molar-refractivity contribution in [3.05, 3.63) is 82.0 Å². The molecule has 0 saturated carbocycles. The van der Waals surface area contributed by atoms with E-state index in [-0.39, 0.29) is 5.43 Å². The molecule has 0 radical (unpaired) electrons. The highest BCUT2D eigenvalue weighted by Gasteiger charge is 2.12. The number of anilines is 1. The topological polar surface area (TPSA) is 65.5 Å². The van der Waals surface area contributed by atoms with Gasteiger partial charge < -0.3 is 14.9 Å². The predicted octanol–water partition coefficient (Wildman–Crippen LogP) is 3.94. The Kier molecular flexibility index (Phi) is 3.83. The fourth-order valence-electron chi connectivity index (χ4n) is 2.83. The quantitative estimate of drug-likeness (QED) is 0.324. The Morgan fingerprint density at radius 1 is 0.923 bits per heavy atom. The van der Waals surface area contributed by atoms with Gasteiger partial charge in [0.2, 0.25) is 5.43 Å². The SMILES string of the molecule is COc1cccc2oc3cc(C#Cc4ccc(N)cc4)ccc3c(=O)c12. The summed E-state index contributed by atoms with van der Waals surface area (Å²) >= 11 is 0. The van der Waals surface area contributed by atoms with Crippen LogP contribution in [0.15, 0.2) is 69.9 Å². The molecule has 26 heavy (non-hydrogen) atoms. The molecule has 1 aromatic heterocycles. The molecule has 0 aliphatic heterocycles. The van der Waals surface area contributed by atoms with E-state index in [1.54, 1.807) is 30.3 Å². The van der Waals surface area contributed by atoms with Gasteiger partial charge in [-0.3, -0.25) is 4.79 Å². The molecule has 0 bridgehead atoms. The molecule has 4 rings (SSSR count). The summed E-state index contributed by atoms with van der Waals surface area (Å²) in [6, 6.07) is 18.0. The van der Waals surface area contributed by atoms with Gasteiger partial charge in [-0.25, -0.2) is 0 Å². The summed E-state index contributed by atoms with van der Waals surface area (Å²) in [4.78, 5) is 12.8. The van der Waals surface area contributed by atoms with Gasteiger partial charge in [-0.05, 0) is 54.6 Å². The van der Waals surface area contributed by atoms with Crippen LogP contribution in [-0.2, 0) is 0 Å². The third kappa shape index (κ3) is 2.76. The summed E-state index contributed by atoms with van der Waals surface area (Å²) in [6.45, 7) is 0. The van der Waals surface area contributed by atoms with E-state index in [9.17, 15) is 4.79 Å². The first-order chi connectivity index (χ1) is 12.7. The van der Waals surface area contributed by atoms with Crippen LogP contribution in [0.1, 0.15) is 11.1 Å². The van der Waals surface area contributed by atoms with E-state index in [4.69, 9.17) is 14.9 Å². The van der Waals surface area contributed by atoms with Gasteiger partial charge in [-0.1, -0.05) is 17.9 Å². The minimum absolute atomic E-state index is 0.114. The van der Waals surface area contributed by atoms with Crippen LogP contribution in [0.3, 0.4) is 0 Å². The third-order valence-electron chi connectivity index (χ3n) is 4.14. The molecule has 4 nitrogen and oxygen atoms in total. The van der Waals surface area contributed by atoms with Crippen LogP contribution in [-0.4, -0.2) is 7.11 Å². The van der Waals surface area contributed by atoms with Gasteiger partial charge in [0, 0.05) is 16.8 Å². The number of fused-ring (bicyclic) bond motifs is 2. The highest BCUT2D eigenvalue weighted by atomic mass is 16.5. The number of ether oxygens (including phenoxy) is 1. The van der Waals surface area contributed by atoms with Gasteiger partial charge in [0.25, 0.3) is 0 Å². The van der Waals surface area contributed by atoms with Crippen molar-refractivity contribution in [2.75, 3.05) is 12.8 Å². The summed E-state index contributed by atoms with van der Waals surface area (Å²) in [5.41, 5.74) is 8.88. The second-order valence-corrected chi connectivity index (χ2v) is 5.85. The molecule has 0 spiro atoms. The van der Waals surface area contributed by atoms with E-state index in [1.165, 1.54) is 7.11 Å². The van der Waals surface area contributed by atoms with Crippen LogP contribution in [0, 0.1) is 11.8 Å². The van der Waals surface area contributed by atoms with Crippen molar-refractivity contribution < 1.29 is 9.15 Å². The first-order valence-corrected chi connectivity index (χ1v) is 8.07. The number of benzene rings is 3. The molecule has 0 saturated heterocycles. The van der Waals surface area contributed by atoms with Gasteiger partial charge >= 0.3 is 0 Å². The monoisotopic (exact) mass is 341 g/mol. The minimum atomic E-state index is -0.114. The summed E-state index contributed by atoms with van der Waals surface area (Å²) in [5, 5.41) is 0.947. The maximum atomic E-state index is 12.8. The second kappa shape index (κ2) is 6.30. The molecule has 0 fully saturated rings. The fraction of sp³-hybridized carbons (Fsp3) is 0.0455. The van der Waals surface area contributed by atoms with E-state index in [1.807, 2.05) is 30.3 Å². The Hall–Kier alpha value is -3.71. The predicted molar refractivity (Wildman–Crippen MR) is 103 cm³/mol. The molecule has 0 unspecified atom stereocenters. The molecule has 0 aliphatic carbocycles. The molecule has 0 amide bonds. The number of hydrogen-bond acceptors (Lipinski definition) is 4. The number of methoxy groups -OCH3 is 1. The maximum absolute atomic E-state index is 12.8. The van der Waals surface area contributed by atoms with Crippen LogP contribution in [0.4, 0.5) is 5.69 Å². The van der Waals surface area contributed by atoms with Crippen LogP contribution < -0.4 is 15.9 Å². The average molecular weight is 341 g/mol. The van der Waals surface area contributed by atoms with Crippen molar-refractivity contribution in [2.24, 2.45) is 0 Å². The molecule has 1 heterocycles. The van der Waals surface area contributed by atoms with E-state index >= 15 is 0 Å². The largest absolute Gasteiger partial charge is 0.496 e. The molecule has 3 aromatic carbocycles. The molecular weight excluding hydrogens is 326 g/mol. The lowest BCUT2D eigenvalue weighted by Crippen LogP contribution is -2.04. The summed E-state index contributed by atoms with van der Waals surface area (Å²) in [5.74, 6) is 6.67.